The number of aliphatic hydroxyl groups is 11. The molecule has 8 fully saturated rings. The molecule has 0 aromatic carbocycles. The summed E-state index contributed by atoms with van der Waals surface area (Å²) in [5.41, 5.74) is -1.30. The van der Waals surface area contributed by atoms with E-state index in [1.807, 2.05) is 0 Å². The van der Waals surface area contributed by atoms with Crippen molar-refractivity contribution in [3.05, 3.63) is 11.6 Å². The summed E-state index contributed by atoms with van der Waals surface area (Å²) in [4.78, 5) is 27.6. The molecule has 9 aliphatic rings. The van der Waals surface area contributed by atoms with Gasteiger partial charge in [0, 0.05) is 0 Å². The molecule has 0 unspecified atom stereocenters. The molecule has 74 heavy (non-hydrogen) atoms. The van der Waals surface area contributed by atoms with Crippen LogP contribution in [0.5, 0.6) is 0 Å². The van der Waals surface area contributed by atoms with Gasteiger partial charge in [-0.3, -0.25) is 4.79 Å². The zero-order valence-corrected chi connectivity index (χ0v) is 43.4. The Balaban J connectivity index is 0.991. The number of fused-ring (bicyclic) bond motifs is 7. The highest BCUT2D eigenvalue weighted by molar-refractivity contribution is 5.79. The number of hydrogen-bond donors (Lipinski definition) is 12. The first kappa shape index (κ1) is 56.7. The summed E-state index contributed by atoms with van der Waals surface area (Å²) < 4.78 is 48.0. The molecular weight excluding hydrogens is 977 g/mol. The highest BCUT2D eigenvalue weighted by Crippen LogP contribution is 2.76. The van der Waals surface area contributed by atoms with Crippen molar-refractivity contribution in [2.45, 2.75) is 229 Å². The van der Waals surface area contributed by atoms with E-state index >= 15 is 0 Å². The molecule has 5 aliphatic carbocycles. The first-order valence-corrected chi connectivity index (χ1v) is 26.6. The van der Waals surface area contributed by atoms with Crippen molar-refractivity contribution in [1.82, 2.24) is 0 Å². The molecule has 26 atom stereocenters. The van der Waals surface area contributed by atoms with Crippen LogP contribution >= 0.6 is 0 Å². The minimum Gasteiger partial charge on any atom is -0.479 e. The van der Waals surface area contributed by atoms with Gasteiger partial charge in [0.05, 0.1) is 31.3 Å². The summed E-state index contributed by atoms with van der Waals surface area (Å²) >= 11 is 0. The van der Waals surface area contributed by atoms with Crippen molar-refractivity contribution in [1.29, 1.82) is 0 Å². The topological polar surface area (TPSA) is 351 Å². The van der Waals surface area contributed by atoms with E-state index in [4.69, 9.17) is 37.9 Å². The number of aliphatic hydroxyl groups excluding tert-OH is 11. The Morgan fingerprint density at radius 2 is 1.22 bits per heavy atom. The number of carbonyl (C=O) groups excluding carboxylic acids is 1. The number of rotatable bonds is 10. The second-order valence-electron chi connectivity index (χ2n) is 25.4. The van der Waals surface area contributed by atoms with E-state index in [0.29, 0.717) is 32.1 Å². The van der Waals surface area contributed by atoms with Crippen molar-refractivity contribution in [3.63, 3.8) is 0 Å². The number of ether oxygens (including phenoxy) is 8. The number of allylic oxidation sites excluding steroid dienone is 2. The van der Waals surface area contributed by atoms with E-state index in [1.165, 1.54) is 5.57 Å². The van der Waals surface area contributed by atoms with Gasteiger partial charge in [-0.25, -0.2) is 4.79 Å². The van der Waals surface area contributed by atoms with Crippen LogP contribution in [0.4, 0.5) is 0 Å². The second kappa shape index (κ2) is 20.3. The molecule has 4 aliphatic heterocycles. The van der Waals surface area contributed by atoms with E-state index in [-0.39, 0.29) is 39.4 Å². The number of carbonyl (C=O) groups is 2. The third-order valence-corrected chi connectivity index (χ3v) is 20.6. The predicted molar refractivity (Wildman–Crippen MR) is 251 cm³/mol. The predicted octanol–water partition coefficient (Wildman–Crippen LogP) is -0.665. The molecule has 0 spiro atoms. The molecule has 0 aromatic heterocycles. The number of hydrogen-bond acceptors (Lipinski definition) is 21. The smallest absolute Gasteiger partial charge is 0.335 e. The lowest BCUT2D eigenvalue weighted by Crippen LogP contribution is -2.68. The van der Waals surface area contributed by atoms with E-state index in [0.717, 1.165) is 32.1 Å². The highest BCUT2D eigenvalue weighted by atomic mass is 16.8. The maximum Gasteiger partial charge on any atom is 0.335 e. The van der Waals surface area contributed by atoms with Crippen molar-refractivity contribution < 1.29 is 109 Å². The Morgan fingerprint density at radius 3 is 1.82 bits per heavy atom. The van der Waals surface area contributed by atoms with E-state index in [9.17, 15) is 70.9 Å². The molecule has 0 aromatic rings. The maximum absolute atomic E-state index is 14.8. The monoisotopic (exact) mass is 1060 g/mol. The SMILES string of the molecule is CC1(C)CC[C@]2(C(=O)O[C@@H]3O[C@H](CO)[C@@H](O)[C@H](O)[C@H]3O)CC[C@]3(C)C(=CC[C@@H]4[C@@]5(C)CC[C@H](O[C@@H]6O[C@H](C(=O)O)[C@@H](O)[C@H](O[C@@H]7OC[C@@H](O)[C@H](O)[C@H]7O)[C@H]6O[C@@H]6OC[C@@H](O)[C@H](O)[C@H]6O)C(C)(C)[C@@H]5CC[C@]43C)[C@H]2C1. The van der Waals surface area contributed by atoms with Crippen molar-refractivity contribution >= 4 is 11.9 Å². The van der Waals surface area contributed by atoms with Gasteiger partial charge in [-0.1, -0.05) is 60.1 Å². The molecule has 422 valence electrons. The lowest BCUT2D eigenvalue weighted by atomic mass is 9.33. The summed E-state index contributed by atoms with van der Waals surface area (Å²) in [5, 5.41) is 127. The Kier molecular flexibility index (Phi) is 15.5. The molecule has 22 heteroatoms. The van der Waals surface area contributed by atoms with Crippen LogP contribution in [0, 0.1) is 50.2 Å². The van der Waals surface area contributed by atoms with Gasteiger partial charge in [-0.05, 0) is 109 Å². The molecule has 4 saturated carbocycles. The first-order valence-electron chi connectivity index (χ1n) is 26.6. The Morgan fingerprint density at radius 1 is 0.622 bits per heavy atom. The molecule has 4 heterocycles. The van der Waals surface area contributed by atoms with Crippen molar-refractivity contribution in [2.24, 2.45) is 50.2 Å². The summed E-state index contributed by atoms with van der Waals surface area (Å²) in [5.74, 6) is -2.11. The van der Waals surface area contributed by atoms with Gasteiger partial charge in [0.1, 0.15) is 79.4 Å². The number of esters is 1. The average molecular weight is 1060 g/mol. The van der Waals surface area contributed by atoms with Crippen LogP contribution in [0.15, 0.2) is 11.6 Å². The summed E-state index contributed by atoms with van der Waals surface area (Å²) in [6.07, 6.45) is -22.0. The molecule has 4 saturated heterocycles. The van der Waals surface area contributed by atoms with Crippen LogP contribution in [0.3, 0.4) is 0 Å². The largest absolute Gasteiger partial charge is 0.479 e. The quantitative estimate of drug-likeness (QED) is 0.0734. The molecule has 0 radical (unpaired) electrons. The third kappa shape index (κ3) is 9.12. The second-order valence-corrected chi connectivity index (χ2v) is 25.4. The van der Waals surface area contributed by atoms with E-state index in [2.05, 4.69) is 54.5 Å². The molecule has 0 bridgehead atoms. The van der Waals surface area contributed by atoms with Crippen LogP contribution in [0.1, 0.15) is 113 Å². The number of aliphatic carboxylic acids is 1. The van der Waals surface area contributed by atoms with Crippen molar-refractivity contribution in [2.75, 3.05) is 19.8 Å². The number of carboxylic acids is 1. The zero-order chi connectivity index (χ0) is 54.0. The minimum absolute atomic E-state index is 0.0323. The maximum atomic E-state index is 14.8. The summed E-state index contributed by atoms with van der Waals surface area (Å²) in [6, 6.07) is 0. The standard InChI is InChI=1S/C52H82O22/c1-47(2)14-16-52(46(66)74-44-36(62)33(59)32(58)26(19-53)69-44)17-15-50(6)22(23(52)18-47)8-9-28-49(5)12-11-29(48(3,4)27(49)10-13-51(28,50)7)70-45-40(73-43-35(61)31(57)25(55)21-68-43)38(37(63)39(72-45)41(64)65)71-42-34(60)30(56)24(54)20-67-42/h8,23-40,42-45,53-63H,9-21H2,1-7H3,(H,64,65)/t23-,24-,25-,26-,27+,28-,29+,30+,31+,32-,33+,34-,35-,36-,37+,38+,39+,40-,42+,43+,44+,45-,49+,50-,51-,52+/m1/s1. The Bertz CT molecular complexity index is 2090. The van der Waals surface area contributed by atoms with E-state index in [1.54, 1.807) is 0 Å². The van der Waals surface area contributed by atoms with Crippen LogP contribution < -0.4 is 0 Å². The summed E-state index contributed by atoms with van der Waals surface area (Å²) in [6.45, 7) is 14.1. The van der Waals surface area contributed by atoms with Gasteiger partial charge in [0.15, 0.2) is 25.0 Å². The minimum atomic E-state index is -2.03. The van der Waals surface area contributed by atoms with E-state index < -0.39 is 159 Å². The normalized spacial score (nSPS) is 53.0. The number of carboxylic acid groups (broad SMARTS) is 1. The van der Waals surface area contributed by atoms with Gasteiger partial charge in [0.2, 0.25) is 6.29 Å². The molecule has 12 N–H and O–H groups in total. The zero-order valence-electron chi connectivity index (χ0n) is 43.4. The fourth-order valence-electron chi connectivity index (χ4n) is 15.9. The third-order valence-electron chi connectivity index (χ3n) is 20.6. The summed E-state index contributed by atoms with van der Waals surface area (Å²) in [7, 11) is 0. The van der Waals surface area contributed by atoms with Gasteiger partial charge in [0.25, 0.3) is 0 Å². The Hall–Kier alpha value is -2.04. The van der Waals surface area contributed by atoms with Crippen LogP contribution in [-0.2, 0) is 47.5 Å². The van der Waals surface area contributed by atoms with Crippen LogP contribution in [0.2, 0.25) is 0 Å². The van der Waals surface area contributed by atoms with Gasteiger partial charge in [-0.15, -0.1) is 0 Å². The van der Waals surface area contributed by atoms with Crippen LogP contribution in [-0.4, -0.2) is 210 Å². The lowest BCUT2D eigenvalue weighted by Gasteiger charge is -2.71. The van der Waals surface area contributed by atoms with Gasteiger partial charge in [-0.2, -0.15) is 0 Å². The molecular formula is C52H82O22. The fraction of sp³-hybridized carbons (Fsp3) is 0.923. The highest BCUT2D eigenvalue weighted by Gasteiger charge is 2.70. The lowest BCUT2D eigenvalue weighted by molar-refractivity contribution is -0.386. The van der Waals surface area contributed by atoms with Crippen LogP contribution in [0.25, 0.3) is 0 Å². The van der Waals surface area contributed by atoms with Crippen molar-refractivity contribution in [3.8, 4) is 0 Å². The Labute approximate surface area is 430 Å². The fourth-order valence-corrected chi connectivity index (χ4v) is 15.9. The van der Waals surface area contributed by atoms with Gasteiger partial charge >= 0.3 is 11.9 Å². The van der Waals surface area contributed by atoms with Gasteiger partial charge < -0.3 is 99.2 Å². The molecule has 9 rings (SSSR count). The molecule has 22 nitrogen and oxygen atoms in total. The first-order chi connectivity index (χ1) is 34.6. The molecule has 0 amide bonds. The average Bonchev–Trinajstić information content (AvgIpc) is 3.34.